The molecule has 0 amide bonds. The van der Waals surface area contributed by atoms with E-state index in [4.69, 9.17) is 15.3 Å². The van der Waals surface area contributed by atoms with Crippen LogP contribution in [0.2, 0.25) is 0 Å². The molecule has 0 aliphatic carbocycles. The lowest BCUT2D eigenvalue weighted by Gasteiger charge is -2.06. The number of phenols is 1. The SMILES string of the molecule is O=Cc1cc([C@@H](O)C(=O)O)ccc1O. The molecule has 1 atom stereocenters. The van der Waals surface area contributed by atoms with Crippen molar-refractivity contribution >= 4 is 12.3 Å². The van der Waals surface area contributed by atoms with Crippen LogP contribution in [-0.4, -0.2) is 27.6 Å². The topological polar surface area (TPSA) is 94.8 Å². The third-order valence-electron chi connectivity index (χ3n) is 1.73. The van der Waals surface area contributed by atoms with Gasteiger partial charge in [0.15, 0.2) is 12.4 Å². The molecule has 74 valence electrons. The Morgan fingerprint density at radius 1 is 1.43 bits per heavy atom. The van der Waals surface area contributed by atoms with Crippen molar-refractivity contribution in [2.24, 2.45) is 0 Å². The van der Waals surface area contributed by atoms with Gasteiger partial charge in [-0.05, 0) is 17.7 Å². The van der Waals surface area contributed by atoms with E-state index in [1.807, 2.05) is 0 Å². The normalized spacial score (nSPS) is 12.1. The summed E-state index contributed by atoms with van der Waals surface area (Å²) >= 11 is 0. The first-order chi connectivity index (χ1) is 6.56. The van der Waals surface area contributed by atoms with E-state index in [9.17, 15) is 9.59 Å². The number of aldehydes is 1. The molecule has 0 saturated carbocycles. The first kappa shape index (κ1) is 10.2. The molecule has 0 bridgehead atoms. The molecule has 0 saturated heterocycles. The predicted octanol–water partition coefficient (Wildman–Crippen LogP) is 0.323. The van der Waals surface area contributed by atoms with Crippen molar-refractivity contribution in [1.29, 1.82) is 0 Å². The first-order valence-corrected chi connectivity index (χ1v) is 3.75. The number of benzene rings is 1. The second-order valence-corrected chi connectivity index (χ2v) is 2.68. The first-order valence-electron chi connectivity index (χ1n) is 3.75. The molecule has 0 fully saturated rings. The van der Waals surface area contributed by atoms with Crippen molar-refractivity contribution in [3.05, 3.63) is 29.3 Å². The highest BCUT2D eigenvalue weighted by molar-refractivity contribution is 5.81. The zero-order chi connectivity index (χ0) is 10.7. The Hall–Kier alpha value is -1.88. The summed E-state index contributed by atoms with van der Waals surface area (Å²) in [6.07, 6.45) is -1.30. The number of aromatic hydroxyl groups is 1. The maximum absolute atomic E-state index is 10.4. The van der Waals surface area contributed by atoms with E-state index in [0.717, 1.165) is 12.1 Å². The zero-order valence-electron chi connectivity index (χ0n) is 7.04. The minimum atomic E-state index is -1.69. The van der Waals surface area contributed by atoms with Crippen molar-refractivity contribution in [1.82, 2.24) is 0 Å². The van der Waals surface area contributed by atoms with Gasteiger partial charge in [-0.2, -0.15) is 0 Å². The third kappa shape index (κ3) is 1.89. The van der Waals surface area contributed by atoms with Gasteiger partial charge in [0.2, 0.25) is 0 Å². The molecule has 0 radical (unpaired) electrons. The van der Waals surface area contributed by atoms with Crippen LogP contribution in [0.5, 0.6) is 5.75 Å². The van der Waals surface area contributed by atoms with E-state index in [1.165, 1.54) is 6.07 Å². The minimum Gasteiger partial charge on any atom is -0.507 e. The van der Waals surface area contributed by atoms with Crippen molar-refractivity contribution in [2.75, 3.05) is 0 Å². The van der Waals surface area contributed by atoms with Crippen molar-refractivity contribution in [2.45, 2.75) is 6.10 Å². The van der Waals surface area contributed by atoms with Crippen LogP contribution < -0.4 is 0 Å². The summed E-state index contributed by atoms with van der Waals surface area (Å²) in [5.41, 5.74) is 0.000185. The summed E-state index contributed by atoms with van der Waals surface area (Å²) < 4.78 is 0. The molecule has 0 heterocycles. The quantitative estimate of drug-likeness (QED) is 0.605. The van der Waals surface area contributed by atoms with E-state index in [0.29, 0.717) is 6.29 Å². The number of hydrogen-bond acceptors (Lipinski definition) is 4. The van der Waals surface area contributed by atoms with Crippen molar-refractivity contribution < 1.29 is 24.9 Å². The fourth-order valence-corrected chi connectivity index (χ4v) is 0.980. The lowest BCUT2D eigenvalue weighted by molar-refractivity contribution is -0.146. The summed E-state index contributed by atoms with van der Waals surface area (Å²) in [7, 11) is 0. The van der Waals surface area contributed by atoms with Crippen LogP contribution in [-0.2, 0) is 4.79 Å². The number of rotatable bonds is 3. The van der Waals surface area contributed by atoms with Gasteiger partial charge in [0, 0.05) is 0 Å². The van der Waals surface area contributed by atoms with E-state index in [2.05, 4.69) is 0 Å². The standard InChI is InChI=1S/C9H8O5/c10-4-6-3-5(1-2-7(6)11)8(12)9(13)14/h1-4,8,11-12H,(H,13,14)/t8-/m1/s1. The fourth-order valence-electron chi connectivity index (χ4n) is 0.980. The Kier molecular flexibility index (Phi) is 2.83. The number of carbonyl (C=O) groups is 2. The summed E-state index contributed by atoms with van der Waals surface area (Å²) in [4.78, 5) is 20.8. The number of carboxylic acids is 1. The molecule has 0 aromatic heterocycles. The highest BCUT2D eigenvalue weighted by Crippen LogP contribution is 2.20. The Morgan fingerprint density at radius 3 is 2.57 bits per heavy atom. The Bertz CT molecular complexity index is 371. The molecule has 1 aromatic carbocycles. The van der Waals surface area contributed by atoms with Gasteiger partial charge >= 0.3 is 5.97 Å². The van der Waals surface area contributed by atoms with Gasteiger partial charge in [0.05, 0.1) is 5.56 Å². The van der Waals surface area contributed by atoms with Crippen molar-refractivity contribution in [3.8, 4) is 5.75 Å². The van der Waals surface area contributed by atoms with Gasteiger partial charge in [0.1, 0.15) is 5.75 Å². The maximum atomic E-state index is 10.4. The van der Waals surface area contributed by atoms with Crippen LogP contribution in [0.15, 0.2) is 18.2 Å². The van der Waals surface area contributed by atoms with Gasteiger partial charge in [-0.1, -0.05) is 6.07 Å². The number of phenolic OH excluding ortho intramolecular Hbond substituents is 1. The molecule has 3 N–H and O–H groups in total. The summed E-state index contributed by atoms with van der Waals surface area (Å²) in [6.45, 7) is 0. The average molecular weight is 196 g/mol. The molecular weight excluding hydrogens is 188 g/mol. The van der Waals surface area contributed by atoms with Gasteiger partial charge in [-0.3, -0.25) is 4.79 Å². The van der Waals surface area contributed by atoms with E-state index in [1.54, 1.807) is 0 Å². The van der Waals surface area contributed by atoms with Crippen LogP contribution in [0, 0.1) is 0 Å². The summed E-state index contributed by atoms with van der Waals surface area (Å²) in [5, 5.41) is 26.7. The van der Waals surface area contributed by atoms with Crippen LogP contribution >= 0.6 is 0 Å². The highest BCUT2D eigenvalue weighted by Gasteiger charge is 2.16. The molecule has 0 unspecified atom stereocenters. The highest BCUT2D eigenvalue weighted by atomic mass is 16.4. The number of aliphatic hydroxyl groups is 1. The van der Waals surface area contributed by atoms with Gasteiger partial charge in [-0.25, -0.2) is 4.79 Å². The third-order valence-corrected chi connectivity index (χ3v) is 1.73. The van der Waals surface area contributed by atoms with Crippen LogP contribution in [0.3, 0.4) is 0 Å². The van der Waals surface area contributed by atoms with E-state index >= 15 is 0 Å². The number of aliphatic hydroxyl groups excluding tert-OH is 1. The average Bonchev–Trinajstić information content (AvgIpc) is 2.17. The Balaban J connectivity index is 3.12. The van der Waals surface area contributed by atoms with Gasteiger partial charge in [-0.15, -0.1) is 0 Å². The molecule has 0 spiro atoms. The zero-order valence-corrected chi connectivity index (χ0v) is 7.04. The molecule has 0 aliphatic heterocycles. The van der Waals surface area contributed by atoms with E-state index < -0.39 is 12.1 Å². The van der Waals surface area contributed by atoms with Gasteiger partial charge in [0.25, 0.3) is 0 Å². The smallest absolute Gasteiger partial charge is 0.337 e. The molecule has 1 aromatic rings. The maximum Gasteiger partial charge on any atom is 0.337 e. The van der Waals surface area contributed by atoms with Crippen LogP contribution in [0.1, 0.15) is 22.0 Å². The van der Waals surface area contributed by atoms with Crippen LogP contribution in [0.25, 0.3) is 0 Å². The molecular formula is C9H8O5. The number of carboxylic acid groups (broad SMARTS) is 1. The Morgan fingerprint density at radius 2 is 2.07 bits per heavy atom. The lowest BCUT2D eigenvalue weighted by atomic mass is 10.1. The van der Waals surface area contributed by atoms with Crippen molar-refractivity contribution in [3.63, 3.8) is 0 Å². The van der Waals surface area contributed by atoms with E-state index in [-0.39, 0.29) is 16.9 Å². The molecule has 14 heavy (non-hydrogen) atoms. The summed E-state index contributed by atoms with van der Waals surface area (Å²) in [5.74, 6) is -1.66. The summed E-state index contributed by atoms with van der Waals surface area (Å²) in [6, 6.07) is 3.52. The van der Waals surface area contributed by atoms with Gasteiger partial charge < -0.3 is 15.3 Å². The van der Waals surface area contributed by atoms with Crippen LogP contribution in [0.4, 0.5) is 0 Å². The number of hydrogen-bond donors (Lipinski definition) is 3. The second-order valence-electron chi connectivity index (χ2n) is 2.68. The molecule has 5 nitrogen and oxygen atoms in total. The monoisotopic (exact) mass is 196 g/mol. The Labute approximate surface area is 79.2 Å². The minimum absolute atomic E-state index is 0.0530. The number of aliphatic carboxylic acids is 1. The number of carbonyl (C=O) groups excluding carboxylic acids is 1. The molecule has 0 aliphatic rings. The lowest BCUT2D eigenvalue weighted by Crippen LogP contribution is -2.10. The molecule has 5 heteroatoms. The fraction of sp³-hybridized carbons (Fsp3) is 0.111. The largest absolute Gasteiger partial charge is 0.507 e. The predicted molar refractivity (Wildman–Crippen MR) is 46.1 cm³/mol. The second kappa shape index (κ2) is 3.89. The molecule has 1 rings (SSSR count).